The summed E-state index contributed by atoms with van der Waals surface area (Å²) in [5.74, 6) is 0.834. The predicted octanol–water partition coefficient (Wildman–Crippen LogP) is 3.11. The predicted molar refractivity (Wildman–Crippen MR) is 101 cm³/mol. The van der Waals surface area contributed by atoms with Crippen LogP contribution < -0.4 is 10.6 Å². The van der Waals surface area contributed by atoms with Crippen molar-refractivity contribution in [3.05, 3.63) is 41.9 Å². The number of nitrogens with one attached hydrogen (secondary N) is 2. The largest absolute Gasteiger partial charge is 0.363 e. The highest BCUT2D eigenvalue weighted by Gasteiger charge is 2.38. The van der Waals surface area contributed by atoms with Gasteiger partial charge in [0.15, 0.2) is 0 Å². The lowest BCUT2D eigenvalue weighted by atomic mass is 10.1. The number of aromatic nitrogens is 3. The van der Waals surface area contributed by atoms with E-state index in [4.69, 9.17) is 9.97 Å². The van der Waals surface area contributed by atoms with Crippen molar-refractivity contribution in [3.63, 3.8) is 0 Å². The molecule has 0 spiro atoms. The Labute approximate surface area is 151 Å². The van der Waals surface area contributed by atoms with Crippen LogP contribution in [0.15, 0.2) is 30.5 Å². The third-order valence-corrected chi connectivity index (χ3v) is 5.37. The van der Waals surface area contributed by atoms with Gasteiger partial charge in [0.05, 0.1) is 16.7 Å². The number of carbonyl (C=O) groups is 1. The maximum absolute atomic E-state index is 12.1. The zero-order valence-corrected chi connectivity index (χ0v) is 15.0. The van der Waals surface area contributed by atoms with Crippen LogP contribution in [0.1, 0.15) is 35.9 Å². The van der Waals surface area contributed by atoms with E-state index in [2.05, 4.69) is 17.6 Å². The maximum atomic E-state index is 12.1. The van der Waals surface area contributed by atoms with Crippen molar-refractivity contribution in [1.82, 2.24) is 19.9 Å². The van der Waals surface area contributed by atoms with Gasteiger partial charge in [0, 0.05) is 36.0 Å². The number of hydrogen-bond acceptors (Lipinski definition) is 4. The third-order valence-electron chi connectivity index (χ3n) is 5.37. The average molecular weight is 347 g/mol. The molecule has 2 aliphatic rings. The number of hydrogen-bond donors (Lipinski definition) is 2. The van der Waals surface area contributed by atoms with E-state index in [0.29, 0.717) is 12.2 Å². The van der Waals surface area contributed by atoms with E-state index in [1.807, 2.05) is 42.0 Å². The van der Waals surface area contributed by atoms with Crippen molar-refractivity contribution in [2.45, 2.75) is 38.8 Å². The van der Waals surface area contributed by atoms with Gasteiger partial charge in [-0.15, -0.1) is 0 Å². The number of anilines is 1. The number of carbonyl (C=O) groups excluding carboxylic acids is 1. The van der Waals surface area contributed by atoms with Crippen LogP contribution >= 0.6 is 0 Å². The van der Waals surface area contributed by atoms with Crippen LogP contribution in [0.4, 0.5) is 5.82 Å². The van der Waals surface area contributed by atoms with Crippen molar-refractivity contribution < 1.29 is 4.79 Å². The fourth-order valence-electron chi connectivity index (χ4n) is 3.53. The molecule has 1 aliphatic carbocycles. The summed E-state index contributed by atoms with van der Waals surface area (Å²) in [6, 6.07) is 7.98. The molecule has 2 N–H and O–H groups in total. The van der Waals surface area contributed by atoms with Gasteiger partial charge < -0.3 is 15.2 Å². The first-order valence-electron chi connectivity index (χ1n) is 9.07. The van der Waals surface area contributed by atoms with E-state index in [9.17, 15) is 4.79 Å². The summed E-state index contributed by atoms with van der Waals surface area (Å²) in [7, 11) is 0. The molecule has 2 aromatic heterocycles. The lowest BCUT2D eigenvalue weighted by Gasteiger charge is -2.15. The monoisotopic (exact) mass is 347 g/mol. The van der Waals surface area contributed by atoms with Crippen LogP contribution in [0, 0.1) is 6.92 Å². The van der Waals surface area contributed by atoms with Crippen LogP contribution in [0.5, 0.6) is 0 Å². The standard InChI is InChI=1S/C20H21N5O/c1-12-18(24-20(2)6-7-20)23-17-14(4-3-5-15(17)22-12)13-10-16-19(26)21-8-9-25(16)11-13/h3-5,10-11H,6-9H2,1-2H3,(H,21,26)(H,23,24). The Balaban J connectivity index is 1.65. The molecule has 0 saturated heterocycles. The SMILES string of the molecule is Cc1nc2cccc(-c3cc4n(c3)CCNC4=O)c2nc1NC1(C)CC1. The lowest BCUT2D eigenvalue weighted by Crippen LogP contribution is -2.34. The van der Waals surface area contributed by atoms with Crippen LogP contribution in [0.25, 0.3) is 22.2 Å². The van der Waals surface area contributed by atoms with Gasteiger partial charge in [-0.3, -0.25) is 4.79 Å². The Hall–Kier alpha value is -2.89. The summed E-state index contributed by atoms with van der Waals surface area (Å²) in [5, 5.41) is 6.44. The highest BCUT2D eigenvalue weighted by Crippen LogP contribution is 2.39. The van der Waals surface area contributed by atoms with Crippen LogP contribution in [-0.4, -0.2) is 32.5 Å². The second-order valence-electron chi connectivity index (χ2n) is 7.58. The Morgan fingerprint density at radius 3 is 2.88 bits per heavy atom. The average Bonchev–Trinajstić information content (AvgIpc) is 3.17. The van der Waals surface area contributed by atoms with Crippen molar-refractivity contribution in [1.29, 1.82) is 0 Å². The number of aryl methyl sites for hydroxylation is 1. The Morgan fingerprint density at radius 2 is 2.12 bits per heavy atom. The topological polar surface area (TPSA) is 71.8 Å². The number of para-hydroxylation sites is 1. The molecule has 3 heterocycles. The van der Waals surface area contributed by atoms with E-state index >= 15 is 0 Å². The minimum Gasteiger partial charge on any atom is -0.363 e. The third kappa shape index (κ3) is 2.44. The zero-order valence-electron chi connectivity index (χ0n) is 15.0. The number of fused-ring (bicyclic) bond motifs is 2. The van der Waals surface area contributed by atoms with Gasteiger partial charge in [-0.1, -0.05) is 12.1 Å². The fourth-order valence-corrected chi connectivity index (χ4v) is 3.53. The first-order valence-corrected chi connectivity index (χ1v) is 9.07. The van der Waals surface area contributed by atoms with Gasteiger partial charge in [-0.05, 0) is 38.8 Å². The van der Waals surface area contributed by atoms with Crippen molar-refractivity contribution in [2.24, 2.45) is 0 Å². The number of benzene rings is 1. The zero-order chi connectivity index (χ0) is 17.9. The van der Waals surface area contributed by atoms with Crippen molar-refractivity contribution >= 4 is 22.8 Å². The molecule has 1 aliphatic heterocycles. The van der Waals surface area contributed by atoms with Gasteiger partial charge in [-0.2, -0.15) is 0 Å². The highest BCUT2D eigenvalue weighted by atomic mass is 16.2. The second-order valence-corrected chi connectivity index (χ2v) is 7.58. The quantitative estimate of drug-likeness (QED) is 0.764. The summed E-state index contributed by atoms with van der Waals surface area (Å²) >= 11 is 0. The Bertz CT molecular complexity index is 1050. The summed E-state index contributed by atoms with van der Waals surface area (Å²) in [6.45, 7) is 5.67. The molecular weight excluding hydrogens is 326 g/mol. The summed E-state index contributed by atoms with van der Waals surface area (Å²) in [6.07, 6.45) is 4.37. The minimum atomic E-state index is -0.0197. The van der Waals surface area contributed by atoms with E-state index < -0.39 is 0 Å². The van der Waals surface area contributed by atoms with Gasteiger partial charge >= 0.3 is 0 Å². The summed E-state index contributed by atoms with van der Waals surface area (Å²) in [5.41, 5.74) is 5.52. The first-order chi connectivity index (χ1) is 12.5. The molecule has 0 bridgehead atoms. The molecule has 0 atom stereocenters. The van der Waals surface area contributed by atoms with E-state index in [0.717, 1.165) is 53.1 Å². The van der Waals surface area contributed by atoms with Gasteiger partial charge in [0.2, 0.25) is 0 Å². The Kier molecular flexibility index (Phi) is 3.13. The molecule has 5 rings (SSSR count). The smallest absolute Gasteiger partial charge is 0.267 e. The molecular formula is C20H21N5O. The number of nitrogens with zero attached hydrogens (tertiary/aromatic N) is 3. The molecule has 0 unspecified atom stereocenters. The maximum Gasteiger partial charge on any atom is 0.267 e. The fraction of sp³-hybridized carbons (Fsp3) is 0.350. The van der Waals surface area contributed by atoms with E-state index in [1.165, 1.54) is 0 Å². The van der Waals surface area contributed by atoms with Crippen molar-refractivity contribution in [2.75, 3.05) is 11.9 Å². The van der Waals surface area contributed by atoms with Crippen LogP contribution in [0.2, 0.25) is 0 Å². The first kappa shape index (κ1) is 15.4. The molecule has 1 amide bonds. The molecule has 6 nitrogen and oxygen atoms in total. The van der Waals surface area contributed by atoms with E-state index in [1.54, 1.807) is 0 Å². The second kappa shape index (κ2) is 5.30. The molecule has 1 fully saturated rings. The summed E-state index contributed by atoms with van der Waals surface area (Å²) < 4.78 is 2.01. The van der Waals surface area contributed by atoms with Crippen molar-refractivity contribution in [3.8, 4) is 11.1 Å². The molecule has 3 aromatic rings. The lowest BCUT2D eigenvalue weighted by molar-refractivity contribution is 0.0928. The van der Waals surface area contributed by atoms with Crippen LogP contribution in [-0.2, 0) is 6.54 Å². The van der Waals surface area contributed by atoms with Gasteiger partial charge in [-0.25, -0.2) is 9.97 Å². The molecule has 26 heavy (non-hydrogen) atoms. The van der Waals surface area contributed by atoms with Gasteiger partial charge in [0.25, 0.3) is 5.91 Å². The molecule has 1 saturated carbocycles. The number of rotatable bonds is 3. The minimum absolute atomic E-state index is 0.0197. The van der Waals surface area contributed by atoms with E-state index in [-0.39, 0.29) is 11.4 Å². The molecule has 1 aromatic carbocycles. The molecule has 6 heteroatoms. The number of amides is 1. The molecule has 132 valence electrons. The van der Waals surface area contributed by atoms with Gasteiger partial charge in [0.1, 0.15) is 11.5 Å². The normalized spacial score (nSPS) is 17.7. The summed E-state index contributed by atoms with van der Waals surface area (Å²) in [4.78, 5) is 21.8. The highest BCUT2D eigenvalue weighted by molar-refractivity contribution is 5.98. The molecule has 0 radical (unpaired) electrons. The van der Waals surface area contributed by atoms with Crippen LogP contribution in [0.3, 0.4) is 0 Å². The Morgan fingerprint density at radius 1 is 1.27 bits per heavy atom.